The minimum Gasteiger partial charge on any atom is -0.325 e. The number of carbonyl (C=O) groups is 1. The molecule has 0 radical (unpaired) electrons. The van der Waals surface area contributed by atoms with Gasteiger partial charge < -0.3 is 10.6 Å². The van der Waals surface area contributed by atoms with Crippen LogP contribution in [-0.2, 0) is 4.79 Å². The normalized spacial score (nSPS) is 22.3. The molecule has 0 bridgehead atoms. The van der Waals surface area contributed by atoms with E-state index >= 15 is 0 Å². The molecule has 110 valence electrons. The molecule has 1 aromatic carbocycles. The Balaban J connectivity index is 2.25. The Labute approximate surface area is 127 Å². The zero-order valence-electron chi connectivity index (χ0n) is 12.0. The van der Waals surface area contributed by atoms with Crippen LogP contribution < -0.4 is 10.6 Å². The van der Waals surface area contributed by atoms with Gasteiger partial charge in [-0.1, -0.05) is 13.8 Å². The standard InChI is InChI=1S/C15H20BrFN2O/c1-9(2)15(4-5-18-8-15)14(20)19-13-7-12(17)11(16)6-10(13)3/h6-7,9,18H,4-5,8H2,1-3H3,(H,19,20). The Morgan fingerprint density at radius 3 is 2.75 bits per heavy atom. The van der Waals surface area contributed by atoms with Crippen molar-refractivity contribution in [2.45, 2.75) is 27.2 Å². The molecule has 5 heteroatoms. The Hall–Kier alpha value is -0.940. The van der Waals surface area contributed by atoms with Gasteiger partial charge in [0.1, 0.15) is 5.82 Å². The van der Waals surface area contributed by atoms with Gasteiger partial charge in [0.05, 0.1) is 9.89 Å². The summed E-state index contributed by atoms with van der Waals surface area (Å²) < 4.78 is 14.0. The van der Waals surface area contributed by atoms with Gasteiger partial charge in [-0.05, 0) is 59.4 Å². The maximum atomic E-state index is 13.6. The largest absolute Gasteiger partial charge is 0.325 e. The van der Waals surface area contributed by atoms with E-state index in [1.165, 1.54) is 6.07 Å². The summed E-state index contributed by atoms with van der Waals surface area (Å²) >= 11 is 3.15. The van der Waals surface area contributed by atoms with Crippen LogP contribution in [0.3, 0.4) is 0 Å². The van der Waals surface area contributed by atoms with Gasteiger partial charge in [0.2, 0.25) is 5.91 Å². The number of anilines is 1. The molecule has 1 aliphatic heterocycles. The lowest BCUT2D eigenvalue weighted by Crippen LogP contribution is -2.42. The summed E-state index contributed by atoms with van der Waals surface area (Å²) in [6.45, 7) is 7.49. The van der Waals surface area contributed by atoms with Gasteiger partial charge in [-0.15, -0.1) is 0 Å². The van der Waals surface area contributed by atoms with Crippen LogP contribution in [0.2, 0.25) is 0 Å². The van der Waals surface area contributed by atoms with Gasteiger partial charge in [-0.2, -0.15) is 0 Å². The van der Waals surface area contributed by atoms with Crippen molar-refractivity contribution in [2.24, 2.45) is 11.3 Å². The zero-order valence-corrected chi connectivity index (χ0v) is 13.6. The summed E-state index contributed by atoms with van der Waals surface area (Å²) in [7, 11) is 0. The average molecular weight is 343 g/mol. The van der Waals surface area contributed by atoms with Crippen molar-refractivity contribution in [3.63, 3.8) is 0 Å². The Kier molecular flexibility index (Phi) is 4.49. The molecule has 1 saturated heterocycles. The van der Waals surface area contributed by atoms with E-state index in [4.69, 9.17) is 0 Å². The fourth-order valence-electron chi connectivity index (χ4n) is 2.69. The highest BCUT2D eigenvalue weighted by Gasteiger charge is 2.43. The van der Waals surface area contributed by atoms with Gasteiger partial charge in [0, 0.05) is 12.2 Å². The van der Waals surface area contributed by atoms with Crippen molar-refractivity contribution in [1.82, 2.24) is 5.32 Å². The summed E-state index contributed by atoms with van der Waals surface area (Å²) in [5.74, 6) is -0.158. The van der Waals surface area contributed by atoms with Gasteiger partial charge in [0.25, 0.3) is 0 Å². The van der Waals surface area contributed by atoms with Crippen LogP contribution in [0.15, 0.2) is 16.6 Å². The smallest absolute Gasteiger partial charge is 0.232 e. The maximum absolute atomic E-state index is 13.6. The molecule has 0 aromatic heterocycles. The molecule has 2 rings (SSSR count). The Bertz CT molecular complexity index is 525. The highest BCUT2D eigenvalue weighted by atomic mass is 79.9. The molecular weight excluding hydrogens is 323 g/mol. The van der Waals surface area contributed by atoms with Crippen LogP contribution in [0.5, 0.6) is 0 Å². The molecule has 0 saturated carbocycles. The lowest BCUT2D eigenvalue weighted by atomic mass is 9.75. The van der Waals surface area contributed by atoms with Crippen molar-refractivity contribution in [3.8, 4) is 0 Å². The number of rotatable bonds is 3. The lowest BCUT2D eigenvalue weighted by Gasteiger charge is -2.31. The summed E-state index contributed by atoms with van der Waals surface area (Å²) in [5, 5.41) is 6.16. The van der Waals surface area contributed by atoms with Crippen molar-refractivity contribution in [2.75, 3.05) is 18.4 Å². The van der Waals surface area contributed by atoms with Gasteiger partial charge in [0.15, 0.2) is 0 Å². The molecule has 1 atom stereocenters. The van der Waals surface area contributed by atoms with Crippen molar-refractivity contribution < 1.29 is 9.18 Å². The van der Waals surface area contributed by atoms with E-state index in [0.29, 0.717) is 16.7 Å². The van der Waals surface area contributed by atoms with Crippen molar-refractivity contribution >= 4 is 27.5 Å². The Morgan fingerprint density at radius 1 is 1.50 bits per heavy atom. The number of nitrogens with one attached hydrogen (secondary N) is 2. The van der Waals surface area contributed by atoms with Gasteiger partial charge in [-0.3, -0.25) is 4.79 Å². The first-order chi connectivity index (χ1) is 9.36. The molecule has 1 amide bonds. The highest BCUT2D eigenvalue weighted by Crippen LogP contribution is 2.36. The van der Waals surface area contributed by atoms with Crippen LogP contribution >= 0.6 is 15.9 Å². The lowest BCUT2D eigenvalue weighted by molar-refractivity contribution is -0.126. The number of hydrogen-bond acceptors (Lipinski definition) is 2. The zero-order chi connectivity index (χ0) is 14.9. The van der Waals surface area contributed by atoms with E-state index in [2.05, 4.69) is 40.4 Å². The van der Waals surface area contributed by atoms with Crippen LogP contribution in [0.25, 0.3) is 0 Å². The monoisotopic (exact) mass is 342 g/mol. The van der Waals surface area contributed by atoms with Crippen molar-refractivity contribution in [1.29, 1.82) is 0 Å². The third-order valence-corrected chi connectivity index (χ3v) is 4.87. The molecular formula is C15H20BrFN2O. The van der Waals surface area contributed by atoms with E-state index < -0.39 is 5.41 Å². The maximum Gasteiger partial charge on any atom is 0.232 e. The molecule has 1 aliphatic rings. The third kappa shape index (κ3) is 2.74. The first-order valence-electron chi connectivity index (χ1n) is 6.84. The van der Waals surface area contributed by atoms with Crippen LogP contribution in [0, 0.1) is 24.1 Å². The van der Waals surface area contributed by atoms with Crippen molar-refractivity contribution in [3.05, 3.63) is 28.0 Å². The summed E-state index contributed by atoms with van der Waals surface area (Å²) in [5.41, 5.74) is 0.981. The number of aryl methyl sites for hydroxylation is 1. The highest BCUT2D eigenvalue weighted by molar-refractivity contribution is 9.10. The molecule has 0 spiro atoms. The summed E-state index contributed by atoms with van der Waals surface area (Å²) in [6, 6.07) is 3.05. The predicted molar refractivity (Wildman–Crippen MR) is 82.2 cm³/mol. The number of carbonyl (C=O) groups excluding carboxylic acids is 1. The SMILES string of the molecule is Cc1cc(Br)c(F)cc1NC(=O)C1(C(C)C)CCNC1. The molecule has 1 unspecified atom stereocenters. The second-order valence-corrected chi connectivity index (χ2v) is 6.63. The quantitative estimate of drug-likeness (QED) is 0.882. The minimum atomic E-state index is -0.407. The van der Waals surface area contributed by atoms with E-state index in [-0.39, 0.29) is 17.6 Å². The fourth-order valence-corrected chi connectivity index (χ4v) is 3.15. The number of benzene rings is 1. The number of amides is 1. The second kappa shape index (κ2) is 5.82. The van der Waals surface area contributed by atoms with Gasteiger partial charge >= 0.3 is 0 Å². The molecule has 20 heavy (non-hydrogen) atoms. The summed E-state index contributed by atoms with van der Waals surface area (Å²) in [4.78, 5) is 12.6. The molecule has 1 fully saturated rings. The van der Waals surface area contributed by atoms with Gasteiger partial charge in [-0.25, -0.2) is 4.39 Å². The topological polar surface area (TPSA) is 41.1 Å². The molecule has 1 heterocycles. The molecule has 3 nitrogen and oxygen atoms in total. The van der Waals surface area contributed by atoms with E-state index in [9.17, 15) is 9.18 Å². The Morgan fingerprint density at radius 2 is 2.20 bits per heavy atom. The number of halogens is 2. The van der Waals surface area contributed by atoms with E-state index in [0.717, 1.165) is 18.5 Å². The third-order valence-electron chi connectivity index (χ3n) is 4.26. The minimum absolute atomic E-state index is 0.0256. The average Bonchev–Trinajstić information content (AvgIpc) is 2.86. The van der Waals surface area contributed by atoms with Crippen LogP contribution in [0.4, 0.5) is 10.1 Å². The van der Waals surface area contributed by atoms with Crippen LogP contribution in [0.1, 0.15) is 25.8 Å². The molecule has 1 aromatic rings. The van der Waals surface area contributed by atoms with Crippen LogP contribution in [-0.4, -0.2) is 19.0 Å². The van der Waals surface area contributed by atoms with E-state index in [1.54, 1.807) is 6.07 Å². The summed E-state index contributed by atoms with van der Waals surface area (Å²) in [6.07, 6.45) is 0.814. The first-order valence-corrected chi connectivity index (χ1v) is 7.64. The molecule has 0 aliphatic carbocycles. The predicted octanol–water partition coefficient (Wildman–Crippen LogP) is 3.47. The van der Waals surface area contributed by atoms with E-state index in [1.807, 2.05) is 6.92 Å². The molecule has 2 N–H and O–H groups in total. The second-order valence-electron chi connectivity index (χ2n) is 5.77. The first kappa shape index (κ1) is 15.4. The number of hydrogen-bond donors (Lipinski definition) is 2. The fraction of sp³-hybridized carbons (Fsp3) is 0.533.